The van der Waals surface area contributed by atoms with E-state index in [0.29, 0.717) is 12.4 Å². The molecule has 3 rings (SSSR count). The number of rotatable bonds is 3. The van der Waals surface area contributed by atoms with Crippen molar-refractivity contribution in [2.24, 2.45) is 0 Å². The first-order valence-electron chi connectivity index (χ1n) is 7.97. The summed E-state index contributed by atoms with van der Waals surface area (Å²) in [4.78, 5) is 6.69. The summed E-state index contributed by atoms with van der Waals surface area (Å²) in [6, 6.07) is 3.16. The summed E-state index contributed by atoms with van der Waals surface area (Å²) >= 11 is 0. The lowest BCUT2D eigenvalue weighted by atomic mass is 9.93. The van der Waals surface area contributed by atoms with Crippen LogP contribution in [-0.2, 0) is 10.0 Å². The second-order valence-electron chi connectivity index (χ2n) is 7.43. The molecule has 2 saturated heterocycles. The minimum atomic E-state index is -3.45. The number of piperidine rings is 1. The molecule has 0 N–H and O–H groups in total. The molecule has 1 atom stereocenters. The predicted molar refractivity (Wildman–Crippen MR) is 88.0 cm³/mol. The van der Waals surface area contributed by atoms with Crippen LogP contribution in [0.5, 0.6) is 5.88 Å². The Morgan fingerprint density at radius 1 is 1.22 bits per heavy atom. The van der Waals surface area contributed by atoms with E-state index in [2.05, 4.69) is 30.7 Å². The molecule has 0 aromatic carbocycles. The molecule has 1 aromatic rings. The third-order valence-corrected chi connectivity index (χ3v) is 6.95. The van der Waals surface area contributed by atoms with Crippen molar-refractivity contribution >= 4 is 10.0 Å². The molecule has 2 aliphatic heterocycles. The first kappa shape index (κ1) is 16.7. The van der Waals surface area contributed by atoms with Gasteiger partial charge in [0.1, 0.15) is 4.90 Å². The normalized spacial score (nSPS) is 24.6. The highest BCUT2D eigenvalue weighted by Gasteiger charge is 2.59. The van der Waals surface area contributed by atoms with Gasteiger partial charge in [-0.2, -0.15) is 4.31 Å². The monoisotopic (exact) mass is 339 g/mol. The fraction of sp³-hybridized carbons (Fsp3) is 0.688. The largest absolute Gasteiger partial charge is 0.481 e. The average molecular weight is 339 g/mol. The minimum Gasteiger partial charge on any atom is -0.481 e. The second-order valence-corrected chi connectivity index (χ2v) is 9.29. The fourth-order valence-corrected chi connectivity index (χ4v) is 5.12. The molecule has 2 fully saturated rings. The fourth-order valence-electron chi connectivity index (χ4n) is 3.34. The Morgan fingerprint density at radius 3 is 2.35 bits per heavy atom. The van der Waals surface area contributed by atoms with Crippen molar-refractivity contribution in [3.05, 3.63) is 18.3 Å². The Bertz CT molecular complexity index is 672. The number of pyridine rings is 1. The van der Waals surface area contributed by atoms with Crippen LogP contribution in [0.1, 0.15) is 33.6 Å². The molecule has 0 amide bonds. The first-order valence-corrected chi connectivity index (χ1v) is 9.41. The molecule has 128 valence electrons. The van der Waals surface area contributed by atoms with Crippen LogP contribution >= 0.6 is 0 Å². The van der Waals surface area contributed by atoms with Gasteiger partial charge in [-0.25, -0.2) is 13.4 Å². The average Bonchev–Trinajstić information content (AvgIpc) is 3.21. The van der Waals surface area contributed by atoms with Crippen molar-refractivity contribution in [2.45, 2.75) is 49.6 Å². The van der Waals surface area contributed by atoms with Gasteiger partial charge in [-0.15, -0.1) is 0 Å². The summed E-state index contributed by atoms with van der Waals surface area (Å²) in [5.41, 5.74) is -0.0411. The number of likely N-dealkylation sites (tertiary alicyclic amines) is 1. The van der Waals surface area contributed by atoms with Crippen LogP contribution in [0.2, 0.25) is 0 Å². The number of nitrogens with zero attached hydrogens (tertiary/aromatic N) is 3. The molecule has 1 unspecified atom stereocenters. The van der Waals surface area contributed by atoms with Crippen LogP contribution in [0, 0.1) is 0 Å². The number of aromatic nitrogens is 1. The maximum atomic E-state index is 12.8. The van der Waals surface area contributed by atoms with Crippen LogP contribution in [0.25, 0.3) is 0 Å². The van der Waals surface area contributed by atoms with Crippen molar-refractivity contribution in [2.75, 3.05) is 26.7 Å². The zero-order valence-corrected chi connectivity index (χ0v) is 15.1. The Morgan fingerprint density at radius 2 is 1.87 bits per heavy atom. The third-order valence-electron chi connectivity index (χ3n) is 5.01. The lowest BCUT2D eigenvalue weighted by molar-refractivity contribution is 0.0922. The summed E-state index contributed by atoms with van der Waals surface area (Å²) in [5.74, 6) is 0.419. The van der Waals surface area contributed by atoms with Crippen LogP contribution in [-0.4, -0.2) is 60.4 Å². The first-order chi connectivity index (χ1) is 10.7. The van der Waals surface area contributed by atoms with Gasteiger partial charge in [-0.05, 0) is 39.7 Å². The number of ether oxygens (including phenoxy) is 1. The molecular formula is C16H25N3O3S. The van der Waals surface area contributed by atoms with E-state index in [0.717, 1.165) is 25.9 Å². The number of hydrogen-bond donors (Lipinski definition) is 0. The maximum Gasteiger partial charge on any atom is 0.245 e. The molecule has 23 heavy (non-hydrogen) atoms. The molecule has 0 bridgehead atoms. The van der Waals surface area contributed by atoms with Gasteiger partial charge in [0, 0.05) is 31.2 Å². The molecule has 7 heteroatoms. The van der Waals surface area contributed by atoms with Crippen molar-refractivity contribution < 1.29 is 13.2 Å². The molecule has 3 heterocycles. The Labute approximate surface area is 138 Å². The molecule has 1 aromatic heterocycles. The highest BCUT2D eigenvalue weighted by Crippen LogP contribution is 2.46. The Kier molecular flexibility index (Phi) is 3.93. The highest BCUT2D eigenvalue weighted by atomic mass is 32.2. The van der Waals surface area contributed by atoms with E-state index in [1.165, 1.54) is 13.3 Å². The number of methoxy groups -OCH3 is 1. The van der Waals surface area contributed by atoms with Crippen LogP contribution < -0.4 is 4.74 Å². The SMILES string of the molecule is COc1ccc(S(=O)(=O)N2CC23CCN(C(C)(C)C)CC3)cn1. The molecule has 1 spiro atoms. The molecule has 0 aliphatic carbocycles. The standard InChI is InChI=1S/C16H25N3O3S/c1-15(2,3)18-9-7-16(8-10-18)12-19(16)23(20,21)13-5-6-14(22-4)17-11-13/h5-6,11H,7-10,12H2,1-4H3. The molecule has 0 radical (unpaired) electrons. The van der Waals surface area contributed by atoms with Gasteiger partial charge in [0.05, 0.1) is 18.8 Å². The van der Waals surface area contributed by atoms with Gasteiger partial charge in [-0.3, -0.25) is 4.90 Å². The highest BCUT2D eigenvalue weighted by molar-refractivity contribution is 7.89. The molecule has 2 aliphatic rings. The van der Waals surface area contributed by atoms with Crippen LogP contribution in [0.15, 0.2) is 23.2 Å². The topological polar surface area (TPSA) is 62.5 Å². The summed E-state index contributed by atoms with van der Waals surface area (Å²) in [5, 5.41) is 0. The van der Waals surface area contributed by atoms with E-state index in [9.17, 15) is 8.42 Å². The number of hydrogen-bond acceptors (Lipinski definition) is 5. The minimum absolute atomic E-state index is 0.139. The quantitative estimate of drug-likeness (QED) is 0.785. The van der Waals surface area contributed by atoms with Crippen molar-refractivity contribution in [1.29, 1.82) is 0 Å². The van der Waals surface area contributed by atoms with E-state index in [1.807, 2.05) is 0 Å². The Balaban J connectivity index is 1.72. The van der Waals surface area contributed by atoms with Crippen molar-refractivity contribution in [3.8, 4) is 5.88 Å². The summed E-state index contributed by atoms with van der Waals surface area (Å²) in [7, 11) is -1.94. The second kappa shape index (κ2) is 5.43. The van der Waals surface area contributed by atoms with Gasteiger partial charge in [-0.1, -0.05) is 0 Å². The van der Waals surface area contributed by atoms with Gasteiger partial charge >= 0.3 is 0 Å². The van der Waals surface area contributed by atoms with Crippen molar-refractivity contribution in [3.63, 3.8) is 0 Å². The van der Waals surface area contributed by atoms with Gasteiger partial charge in [0.15, 0.2) is 0 Å². The van der Waals surface area contributed by atoms with E-state index < -0.39 is 10.0 Å². The van der Waals surface area contributed by atoms with E-state index >= 15 is 0 Å². The Hall–Kier alpha value is -1.18. The van der Waals surface area contributed by atoms with Crippen LogP contribution in [0.3, 0.4) is 0 Å². The smallest absolute Gasteiger partial charge is 0.245 e. The van der Waals surface area contributed by atoms with E-state index in [4.69, 9.17) is 4.74 Å². The zero-order valence-electron chi connectivity index (χ0n) is 14.2. The van der Waals surface area contributed by atoms with Gasteiger partial charge < -0.3 is 4.74 Å². The summed E-state index contributed by atoms with van der Waals surface area (Å²) in [6.45, 7) is 9.12. The van der Waals surface area contributed by atoms with Gasteiger partial charge in [0.25, 0.3) is 0 Å². The zero-order chi connectivity index (χ0) is 16.9. The molecule has 0 saturated carbocycles. The van der Waals surface area contributed by atoms with E-state index in [1.54, 1.807) is 16.4 Å². The number of sulfonamides is 1. The van der Waals surface area contributed by atoms with Gasteiger partial charge in [0.2, 0.25) is 15.9 Å². The third kappa shape index (κ3) is 2.97. The lowest BCUT2D eigenvalue weighted by Gasteiger charge is -2.41. The summed E-state index contributed by atoms with van der Waals surface area (Å²) in [6.07, 6.45) is 3.17. The summed E-state index contributed by atoms with van der Waals surface area (Å²) < 4.78 is 32.2. The predicted octanol–water partition coefficient (Wildman–Crippen LogP) is 1.73. The van der Waals surface area contributed by atoms with Crippen molar-refractivity contribution in [1.82, 2.24) is 14.2 Å². The maximum absolute atomic E-state index is 12.8. The lowest BCUT2D eigenvalue weighted by Crippen LogP contribution is -2.49. The molecular weight excluding hydrogens is 314 g/mol. The van der Waals surface area contributed by atoms with Crippen LogP contribution in [0.4, 0.5) is 0 Å². The van der Waals surface area contributed by atoms with E-state index in [-0.39, 0.29) is 16.0 Å². The molecule has 6 nitrogen and oxygen atoms in total.